The van der Waals surface area contributed by atoms with Crippen molar-refractivity contribution in [2.24, 2.45) is 0 Å². The summed E-state index contributed by atoms with van der Waals surface area (Å²) in [4.78, 5) is 0. The molecule has 3 aromatic rings. The number of aromatic nitrogens is 4. The number of aryl methyl sites for hydroxylation is 2. The van der Waals surface area contributed by atoms with E-state index >= 15 is 0 Å². The summed E-state index contributed by atoms with van der Waals surface area (Å²) in [6.07, 6.45) is 0. The molecule has 2 heterocycles. The second-order valence-corrected chi connectivity index (χ2v) is 5.13. The summed E-state index contributed by atoms with van der Waals surface area (Å²) < 4.78 is 1.95. The highest BCUT2D eigenvalue weighted by molar-refractivity contribution is 5.92. The zero-order chi connectivity index (χ0) is 15.5. The van der Waals surface area contributed by atoms with Gasteiger partial charge in [0, 0.05) is 17.6 Å². The fraction of sp³-hybridized carbons (Fsp3) is 0.250. The first kappa shape index (κ1) is 14.0. The molecule has 0 aliphatic rings. The Morgan fingerprint density at radius 1 is 1.23 bits per heavy atom. The van der Waals surface area contributed by atoms with Crippen LogP contribution in [0.25, 0.3) is 10.9 Å². The topological polar surface area (TPSA) is 79.4 Å². The molecular weight excluding hydrogens is 276 g/mol. The molecule has 110 valence electrons. The van der Waals surface area contributed by atoms with Crippen molar-refractivity contribution in [2.75, 3.05) is 11.9 Å². The molecule has 0 radical (unpaired) electrons. The largest absolute Gasteiger partial charge is 0.380 e. The van der Waals surface area contributed by atoms with E-state index in [0.717, 1.165) is 34.5 Å². The second-order valence-electron chi connectivity index (χ2n) is 5.13. The fourth-order valence-corrected chi connectivity index (χ4v) is 2.50. The summed E-state index contributed by atoms with van der Waals surface area (Å²) in [5, 5.41) is 25.9. The molecule has 1 aromatic carbocycles. The van der Waals surface area contributed by atoms with Gasteiger partial charge in [0.05, 0.1) is 23.4 Å². The lowest BCUT2D eigenvalue weighted by Gasteiger charge is -2.11. The summed E-state index contributed by atoms with van der Waals surface area (Å²) in [5.41, 5.74) is 3.94. The molecule has 6 heteroatoms. The van der Waals surface area contributed by atoms with Gasteiger partial charge in [-0.1, -0.05) is 18.2 Å². The molecular formula is C16H16N6. The molecule has 0 unspecified atom stereocenters. The number of fused-ring (bicyclic) bond motifs is 1. The Morgan fingerprint density at radius 2 is 2.05 bits per heavy atom. The van der Waals surface area contributed by atoms with Crippen LogP contribution in [0.4, 0.5) is 5.69 Å². The normalized spacial score (nSPS) is 10.6. The van der Waals surface area contributed by atoms with Gasteiger partial charge in [0.2, 0.25) is 0 Å². The number of benzene rings is 1. The summed E-state index contributed by atoms with van der Waals surface area (Å²) in [5.74, 6) is 0. The molecule has 1 N–H and O–H groups in total. The average Bonchev–Trinajstić information content (AvgIpc) is 2.85. The van der Waals surface area contributed by atoms with Crippen molar-refractivity contribution in [1.29, 1.82) is 5.26 Å². The van der Waals surface area contributed by atoms with E-state index in [-0.39, 0.29) is 0 Å². The van der Waals surface area contributed by atoms with Crippen molar-refractivity contribution in [3.8, 4) is 6.07 Å². The average molecular weight is 292 g/mol. The number of hydrogen-bond acceptors (Lipinski definition) is 5. The SMILES string of the molecule is Cc1cc(C)n(CCNc2c(C#N)nnc3ccccc23)n1. The number of nitrogens with zero attached hydrogens (tertiary/aromatic N) is 5. The van der Waals surface area contributed by atoms with Crippen LogP contribution < -0.4 is 5.32 Å². The standard InChI is InChI=1S/C16H16N6/c1-11-9-12(2)22(21-11)8-7-18-16-13-5-3-4-6-14(13)19-20-15(16)10-17/h3-6,9H,7-8H2,1-2H3,(H,18,19). The van der Waals surface area contributed by atoms with Gasteiger partial charge in [-0.2, -0.15) is 10.4 Å². The van der Waals surface area contributed by atoms with Gasteiger partial charge in [-0.3, -0.25) is 4.68 Å². The highest BCUT2D eigenvalue weighted by Crippen LogP contribution is 2.23. The van der Waals surface area contributed by atoms with Crippen LogP contribution >= 0.6 is 0 Å². The van der Waals surface area contributed by atoms with Gasteiger partial charge >= 0.3 is 0 Å². The Hall–Kier alpha value is -2.94. The third-order valence-electron chi connectivity index (χ3n) is 3.50. The van der Waals surface area contributed by atoms with Gasteiger partial charge in [-0.05, 0) is 26.0 Å². The van der Waals surface area contributed by atoms with Gasteiger partial charge in [-0.25, -0.2) is 0 Å². The molecule has 0 saturated heterocycles. The number of rotatable bonds is 4. The molecule has 0 bridgehead atoms. The molecule has 0 fully saturated rings. The Balaban J connectivity index is 1.84. The van der Waals surface area contributed by atoms with Gasteiger partial charge in [0.15, 0.2) is 5.69 Å². The molecule has 0 aliphatic carbocycles. The minimum absolute atomic E-state index is 0.312. The van der Waals surface area contributed by atoms with Crippen molar-refractivity contribution in [3.05, 3.63) is 47.4 Å². The van der Waals surface area contributed by atoms with E-state index in [4.69, 9.17) is 0 Å². The highest BCUT2D eigenvalue weighted by Gasteiger charge is 2.10. The lowest BCUT2D eigenvalue weighted by atomic mass is 10.1. The van der Waals surface area contributed by atoms with Crippen LogP contribution in [-0.2, 0) is 6.54 Å². The minimum atomic E-state index is 0.312. The second kappa shape index (κ2) is 5.82. The van der Waals surface area contributed by atoms with Gasteiger partial charge in [0.1, 0.15) is 6.07 Å². The maximum atomic E-state index is 9.23. The van der Waals surface area contributed by atoms with E-state index in [0.29, 0.717) is 12.2 Å². The quantitative estimate of drug-likeness (QED) is 0.799. The van der Waals surface area contributed by atoms with E-state index in [9.17, 15) is 5.26 Å². The minimum Gasteiger partial charge on any atom is -0.380 e. The van der Waals surface area contributed by atoms with Gasteiger partial charge < -0.3 is 5.32 Å². The number of nitriles is 1. The first-order valence-corrected chi connectivity index (χ1v) is 7.09. The summed E-state index contributed by atoms with van der Waals surface area (Å²) in [6, 6.07) is 11.8. The molecule has 3 rings (SSSR count). The predicted molar refractivity (Wildman–Crippen MR) is 84.4 cm³/mol. The Bertz CT molecular complexity index is 859. The Kier molecular flexibility index (Phi) is 3.71. The van der Waals surface area contributed by atoms with Crippen LogP contribution in [0.15, 0.2) is 30.3 Å². The molecule has 2 aromatic heterocycles. The van der Waals surface area contributed by atoms with Crippen molar-refractivity contribution >= 4 is 16.6 Å². The molecule has 0 aliphatic heterocycles. The summed E-state index contributed by atoms with van der Waals surface area (Å²) in [7, 11) is 0. The van der Waals surface area contributed by atoms with E-state index in [1.54, 1.807) is 0 Å². The van der Waals surface area contributed by atoms with E-state index in [2.05, 4.69) is 26.7 Å². The van der Waals surface area contributed by atoms with Crippen molar-refractivity contribution in [2.45, 2.75) is 20.4 Å². The van der Waals surface area contributed by atoms with Crippen LogP contribution in [0, 0.1) is 25.2 Å². The molecule has 0 atom stereocenters. The number of hydrogen-bond donors (Lipinski definition) is 1. The van der Waals surface area contributed by atoms with Crippen LogP contribution in [0.2, 0.25) is 0 Å². The van der Waals surface area contributed by atoms with Crippen LogP contribution in [0.1, 0.15) is 17.1 Å². The van der Waals surface area contributed by atoms with Crippen molar-refractivity contribution < 1.29 is 0 Å². The number of anilines is 1. The third-order valence-corrected chi connectivity index (χ3v) is 3.50. The molecule has 0 amide bonds. The molecule has 0 spiro atoms. The van der Waals surface area contributed by atoms with Crippen LogP contribution in [0.3, 0.4) is 0 Å². The molecule has 6 nitrogen and oxygen atoms in total. The first-order chi connectivity index (χ1) is 10.7. The lowest BCUT2D eigenvalue weighted by molar-refractivity contribution is 0.615. The summed E-state index contributed by atoms with van der Waals surface area (Å²) >= 11 is 0. The Morgan fingerprint density at radius 3 is 2.77 bits per heavy atom. The van der Waals surface area contributed by atoms with Gasteiger partial charge in [0.25, 0.3) is 0 Å². The monoisotopic (exact) mass is 292 g/mol. The number of nitrogens with one attached hydrogen (secondary N) is 1. The first-order valence-electron chi connectivity index (χ1n) is 7.09. The predicted octanol–water partition coefficient (Wildman–Crippen LogP) is 2.43. The maximum Gasteiger partial charge on any atom is 0.186 e. The Labute approximate surface area is 128 Å². The van der Waals surface area contributed by atoms with Crippen molar-refractivity contribution in [1.82, 2.24) is 20.0 Å². The van der Waals surface area contributed by atoms with E-state index in [1.165, 1.54) is 0 Å². The van der Waals surface area contributed by atoms with Gasteiger partial charge in [-0.15, -0.1) is 10.2 Å². The third kappa shape index (κ3) is 2.61. The van der Waals surface area contributed by atoms with Crippen LogP contribution in [-0.4, -0.2) is 26.5 Å². The zero-order valence-electron chi connectivity index (χ0n) is 12.5. The van der Waals surface area contributed by atoms with Crippen LogP contribution in [0.5, 0.6) is 0 Å². The lowest BCUT2D eigenvalue weighted by Crippen LogP contribution is -2.14. The van der Waals surface area contributed by atoms with Crippen molar-refractivity contribution in [3.63, 3.8) is 0 Å². The molecule has 0 saturated carbocycles. The maximum absolute atomic E-state index is 9.23. The van der Waals surface area contributed by atoms with E-state index in [1.807, 2.05) is 48.9 Å². The smallest absolute Gasteiger partial charge is 0.186 e. The zero-order valence-corrected chi connectivity index (χ0v) is 12.5. The highest BCUT2D eigenvalue weighted by atomic mass is 15.3. The van der Waals surface area contributed by atoms with E-state index < -0.39 is 0 Å². The summed E-state index contributed by atoms with van der Waals surface area (Å²) in [6.45, 7) is 5.39. The molecule has 22 heavy (non-hydrogen) atoms. The fourth-order valence-electron chi connectivity index (χ4n) is 2.50.